The fraction of sp³-hybridized carbons (Fsp3) is 0.519. The van der Waals surface area contributed by atoms with E-state index >= 15 is 0 Å². The topological polar surface area (TPSA) is 141 Å². The molecule has 1 aromatic heterocycles. The molecular formula is C27H36BFN6O4. The second-order valence-corrected chi connectivity index (χ2v) is 10.8. The number of halogens is 1. The fourth-order valence-electron chi connectivity index (χ4n) is 4.75. The summed E-state index contributed by atoms with van der Waals surface area (Å²) in [6.45, 7) is 6.63. The van der Waals surface area contributed by atoms with Gasteiger partial charge in [-0.05, 0) is 62.6 Å². The van der Waals surface area contributed by atoms with E-state index in [2.05, 4.69) is 29.1 Å². The minimum Gasteiger partial charge on any atom is -0.341 e. The Morgan fingerprint density at radius 3 is 2.67 bits per heavy atom. The lowest BCUT2D eigenvalue weighted by Crippen LogP contribution is -2.56. The standard InChI is InChI=1S/C19H32N4O3.C8H4BFN2O/c1-14(24)15-9-6-4-5-7-11-19(2,3)13-23(20)18(26)22-12-8-10-16(22)17(25)21-15;9-7-8(13)12-6-3-4(10)1-2-5(6)11-7/h6,9,15-16H,4-5,7-8,10-13,20H2,1-3H3,(H,21,25);1-3H,(H,12,13). The summed E-state index contributed by atoms with van der Waals surface area (Å²) in [4.78, 5) is 56.0. The summed E-state index contributed by atoms with van der Waals surface area (Å²) in [6, 6.07) is 2.38. The molecule has 208 valence electrons. The number of hydrazine groups is 1. The van der Waals surface area contributed by atoms with Crippen molar-refractivity contribution < 1.29 is 18.8 Å². The number of aromatic nitrogens is 2. The van der Waals surface area contributed by atoms with Crippen molar-refractivity contribution in [2.75, 3.05) is 13.1 Å². The van der Waals surface area contributed by atoms with Crippen LogP contribution < -0.4 is 22.3 Å². The van der Waals surface area contributed by atoms with Crippen molar-refractivity contribution in [2.24, 2.45) is 11.3 Å². The maximum atomic E-state index is 12.8. The van der Waals surface area contributed by atoms with Gasteiger partial charge < -0.3 is 15.2 Å². The van der Waals surface area contributed by atoms with E-state index in [1.807, 2.05) is 6.08 Å². The Morgan fingerprint density at radius 1 is 1.21 bits per heavy atom. The lowest BCUT2D eigenvalue weighted by atomic mass is 9.86. The first kappa shape index (κ1) is 30.0. The van der Waals surface area contributed by atoms with Crippen molar-refractivity contribution in [3.63, 3.8) is 0 Å². The van der Waals surface area contributed by atoms with E-state index < -0.39 is 23.5 Å². The number of carbonyl (C=O) groups excluding carboxylic acids is 3. The van der Waals surface area contributed by atoms with Crippen LogP contribution >= 0.6 is 0 Å². The third-order valence-electron chi connectivity index (χ3n) is 6.86. The zero-order valence-corrected chi connectivity index (χ0v) is 22.7. The highest BCUT2D eigenvalue weighted by Crippen LogP contribution is 2.26. The zero-order valence-electron chi connectivity index (χ0n) is 22.7. The maximum Gasteiger partial charge on any atom is 0.334 e. The zero-order chi connectivity index (χ0) is 28.7. The fourth-order valence-corrected chi connectivity index (χ4v) is 4.75. The van der Waals surface area contributed by atoms with E-state index in [1.54, 1.807) is 6.08 Å². The van der Waals surface area contributed by atoms with Gasteiger partial charge in [-0.25, -0.2) is 15.0 Å². The number of hydrogen-bond donors (Lipinski definition) is 3. The molecule has 39 heavy (non-hydrogen) atoms. The highest BCUT2D eigenvalue weighted by atomic mass is 19.1. The lowest BCUT2D eigenvalue weighted by Gasteiger charge is -2.34. The Hall–Kier alpha value is -3.54. The van der Waals surface area contributed by atoms with Crippen molar-refractivity contribution in [1.82, 2.24) is 25.2 Å². The summed E-state index contributed by atoms with van der Waals surface area (Å²) in [7, 11) is 5.28. The van der Waals surface area contributed by atoms with Crippen LogP contribution in [0.2, 0.25) is 0 Å². The van der Waals surface area contributed by atoms with Crippen LogP contribution in [0.1, 0.15) is 59.3 Å². The molecule has 2 atom stereocenters. The number of rotatable bonds is 1. The Kier molecular flexibility index (Phi) is 10.0. The molecule has 0 spiro atoms. The molecule has 0 saturated carbocycles. The molecule has 3 amide bonds. The van der Waals surface area contributed by atoms with Gasteiger partial charge in [-0.2, -0.15) is 0 Å². The number of benzene rings is 1. The number of hydrogen-bond acceptors (Lipinski definition) is 6. The summed E-state index contributed by atoms with van der Waals surface area (Å²) in [5, 5.41) is 4.02. The number of H-pyrrole nitrogens is 1. The van der Waals surface area contributed by atoms with Crippen molar-refractivity contribution >= 4 is 42.2 Å². The van der Waals surface area contributed by atoms with E-state index in [-0.39, 0.29) is 28.7 Å². The van der Waals surface area contributed by atoms with Crippen LogP contribution in [0.4, 0.5) is 9.18 Å². The average molecular weight is 538 g/mol. The number of nitrogens with zero attached hydrogens (tertiary/aromatic N) is 3. The summed E-state index contributed by atoms with van der Waals surface area (Å²) in [5.74, 6) is 5.23. The minimum absolute atomic E-state index is 0.0896. The van der Waals surface area contributed by atoms with Crippen LogP contribution in [0.25, 0.3) is 11.0 Å². The van der Waals surface area contributed by atoms with E-state index in [0.717, 1.165) is 32.1 Å². The third kappa shape index (κ3) is 8.22. The van der Waals surface area contributed by atoms with E-state index in [9.17, 15) is 23.6 Å². The Morgan fingerprint density at radius 2 is 1.95 bits per heavy atom. The first-order valence-corrected chi connectivity index (χ1v) is 13.1. The van der Waals surface area contributed by atoms with Gasteiger partial charge in [0.25, 0.3) is 5.56 Å². The number of nitrogens with two attached hydrogens (primary N) is 1. The van der Waals surface area contributed by atoms with Gasteiger partial charge >= 0.3 is 6.03 Å². The summed E-state index contributed by atoms with van der Waals surface area (Å²) >= 11 is 0. The van der Waals surface area contributed by atoms with Gasteiger partial charge in [-0.15, -0.1) is 0 Å². The Balaban J connectivity index is 0.000000268. The molecule has 2 radical (unpaired) electrons. The predicted octanol–water partition coefficient (Wildman–Crippen LogP) is 1.83. The molecule has 2 unspecified atom stereocenters. The number of fused-ring (bicyclic) bond motifs is 2. The lowest BCUT2D eigenvalue weighted by molar-refractivity contribution is -0.128. The van der Waals surface area contributed by atoms with Crippen LogP contribution in [0.3, 0.4) is 0 Å². The number of Topliss-reactive ketones (excluding diaryl/α,β-unsaturated/α-hetero) is 1. The normalized spacial score (nSPS) is 22.3. The van der Waals surface area contributed by atoms with Gasteiger partial charge in [-0.1, -0.05) is 32.4 Å². The minimum atomic E-state index is -0.643. The average Bonchev–Trinajstić information content (AvgIpc) is 3.35. The quantitative estimate of drug-likeness (QED) is 0.219. The maximum absolute atomic E-state index is 12.8. The van der Waals surface area contributed by atoms with E-state index in [0.29, 0.717) is 30.5 Å². The van der Waals surface area contributed by atoms with Crippen LogP contribution in [-0.2, 0) is 9.59 Å². The van der Waals surface area contributed by atoms with Crippen molar-refractivity contribution in [3.05, 3.63) is 46.5 Å². The van der Waals surface area contributed by atoms with Crippen molar-refractivity contribution in [3.8, 4) is 0 Å². The van der Waals surface area contributed by atoms with Gasteiger partial charge in [0.15, 0.2) is 5.78 Å². The highest BCUT2D eigenvalue weighted by Gasteiger charge is 2.37. The molecule has 4 N–H and O–H groups in total. The molecule has 0 bridgehead atoms. The largest absolute Gasteiger partial charge is 0.341 e. The van der Waals surface area contributed by atoms with E-state index in [4.69, 9.17) is 13.7 Å². The number of aromatic amines is 1. The monoisotopic (exact) mass is 538 g/mol. The number of carbonyl (C=O) groups is 3. The molecule has 3 heterocycles. The van der Waals surface area contributed by atoms with Gasteiger partial charge in [0.1, 0.15) is 25.7 Å². The summed E-state index contributed by atoms with van der Waals surface area (Å²) in [6.07, 6.45) is 8.89. The summed E-state index contributed by atoms with van der Waals surface area (Å²) < 4.78 is 12.7. The molecule has 1 saturated heterocycles. The predicted molar refractivity (Wildman–Crippen MR) is 148 cm³/mol. The molecule has 1 fully saturated rings. The molecule has 2 aliphatic heterocycles. The molecule has 4 rings (SSSR count). The Bertz CT molecular complexity index is 1300. The van der Waals surface area contributed by atoms with Gasteiger partial charge in [0, 0.05) is 13.1 Å². The number of allylic oxidation sites excluding steroid dienone is 1. The van der Waals surface area contributed by atoms with Crippen molar-refractivity contribution in [2.45, 2.75) is 71.4 Å². The van der Waals surface area contributed by atoms with Gasteiger partial charge in [0.05, 0.1) is 16.6 Å². The smallest absolute Gasteiger partial charge is 0.334 e. The molecule has 1 aromatic carbocycles. The van der Waals surface area contributed by atoms with Crippen LogP contribution in [-0.4, -0.2) is 70.6 Å². The molecule has 12 heteroatoms. The number of nitrogens with one attached hydrogen (secondary N) is 2. The molecular weight excluding hydrogens is 502 g/mol. The molecule has 2 aromatic rings. The number of amides is 3. The van der Waals surface area contributed by atoms with Crippen LogP contribution in [0.5, 0.6) is 0 Å². The molecule has 0 aliphatic carbocycles. The molecule has 2 aliphatic rings. The highest BCUT2D eigenvalue weighted by molar-refractivity contribution is 6.30. The van der Waals surface area contributed by atoms with Gasteiger partial charge in [-0.3, -0.25) is 24.4 Å². The summed E-state index contributed by atoms with van der Waals surface area (Å²) in [5.41, 5.74) is 0.114. The Labute approximate surface area is 228 Å². The second-order valence-electron chi connectivity index (χ2n) is 10.8. The first-order valence-electron chi connectivity index (χ1n) is 13.1. The SMILES string of the molecule is CC(=O)C1C=CCCCCC(C)(C)CN(N)C(=O)N2CCCC2C(=O)N1.[B]c1nc2ccc(F)cc2[nH]c1=O. The third-order valence-corrected chi connectivity index (χ3v) is 6.86. The van der Waals surface area contributed by atoms with Gasteiger partial charge in [0.2, 0.25) is 5.91 Å². The molecule has 10 nitrogen and oxygen atoms in total. The number of urea groups is 1. The second kappa shape index (κ2) is 13.0. The first-order chi connectivity index (χ1) is 18.4. The van der Waals surface area contributed by atoms with E-state index in [1.165, 1.54) is 35.0 Å². The van der Waals surface area contributed by atoms with Crippen LogP contribution in [0, 0.1) is 11.2 Å². The van der Waals surface area contributed by atoms with Crippen LogP contribution in [0.15, 0.2) is 35.1 Å². The number of ketones is 1. The van der Waals surface area contributed by atoms with Crippen molar-refractivity contribution in [1.29, 1.82) is 0 Å².